The Morgan fingerprint density at radius 3 is 2.19 bits per heavy atom. The number of primary amides is 1. The number of carbonyl (C=O) groups excluding carboxylic acids is 3. The van der Waals surface area contributed by atoms with Crippen LogP contribution in [0.15, 0.2) is 30.3 Å². The number of hydrogen-bond acceptors (Lipinski definition) is 5. The topological polar surface area (TPSA) is 142 Å². The highest BCUT2D eigenvalue weighted by Crippen LogP contribution is 2.13. The van der Waals surface area contributed by atoms with Crippen LogP contribution < -0.4 is 16.4 Å². The van der Waals surface area contributed by atoms with Crippen molar-refractivity contribution >= 4 is 17.7 Å². The van der Waals surface area contributed by atoms with Gasteiger partial charge in [0.25, 0.3) is 0 Å². The van der Waals surface area contributed by atoms with Crippen molar-refractivity contribution in [1.29, 1.82) is 0 Å². The van der Waals surface area contributed by atoms with Crippen LogP contribution in [0.25, 0.3) is 0 Å². The van der Waals surface area contributed by atoms with Gasteiger partial charge in [-0.25, -0.2) is 0 Å². The third-order valence-corrected chi connectivity index (χ3v) is 2.69. The predicted octanol–water partition coefficient (Wildman–Crippen LogP) is -2.20. The molecule has 1 aromatic carbocycles. The van der Waals surface area contributed by atoms with Gasteiger partial charge in [-0.3, -0.25) is 14.4 Å². The monoisotopic (exact) mass is 295 g/mol. The molecular weight excluding hydrogens is 278 g/mol. The second kappa shape index (κ2) is 7.98. The average Bonchev–Trinajstić information content (AvgIpc) is 2.50. The van der Waals surface area contributed by atoms with Gasteiger partial charge >= 0.3 is 0 Å². The van der Waals surface area contributed by atoms with E-state index >= 15 is 0 Å². The molecule has 0 radical (unpaired) electrons. The van der Waals surface area contributed by atoms with Crippen molar-refractivity contribution in [3.8, 4) is 0 Å². The first-order chi connectivity index (χ1) is 9.99. The summed E-state index contributed by atoms with van der Waals surface area (Å²) in [6, 6.07) is 5.89. The number of aliphatic hydroxyl groups is 2. The van der Waals surface area contributed by atoms with Crippen LogP contribution in [0.2, 0.25) is 0 Å². The standard InChI is InChI=1S/C13H17N3O5/c14-12(20)9(6-17)15-13(21)11(16-10(19)7-18)8-4-2-1-3-5-8/h1-5,9,11,17-18H,6-7H2,(H2,14,20)(H,15,21)(H,16,19)/t9-,11+/m0/s1. The van der Waals surface area contributed by atoms with Crippen molar-refractivity contribution in [2.45, 2.75) is 12.1 Å². The van der Waals surface area contributed by atoms with Crippen LogP contribution in [0.3, 0.4) is 0 Å². The van der Waals surface area contributed by atoms with Crippen molar-refractivity contribution in [3.05, 3.63) is 35.9 Å². The summed E-state index contributed by atoms with van der Waals surface area (Å²) in [5.41, 5.74) is 5.48. The molecule has 114 valence electrons. The Balaban J connectivity index is 2.93. The van der Waals surface area contributed by atoms with Gasteiger partial charge in [-0.05, 0) is 5.56 Å². The van der Waals surface area contributed by atoms with Crippen LogP contribution in [-0.4, -0.2) is 47.2 Å². The van der Waals surface area contributed by atoms with E-state index in [1.165, 1.54) is 0 Å². The predicted molar refractivity (Wildman–Crippen MR) is 72.6 cm³/mol. The fourth-order valence-corrected chi connectivity index (χ4v) is 1.61. The third kappa shape index (κ3) is 4.86. The molecule has 2 atom stereocenters. The molecule has 6 N–H and O–H groups in total. The van der Waals surface area contributed by atoms with Gasteiger partial charge in [0.05, 0.1) is 6.61 Å². The number of rotatable bonds is 7. The van der Waals surface area contributed by atoms with Crippen LogP contribution in [0.1, 0.15) is 11.6 Å². The molecule has 0 aliphatic heterocycles. The Bertz CT molecular complexity index is 506. The maximum absolute atomic E-state index is 12.1. The summed E-state index contributed by atoms with van der Waals surface area (Å²) in [5.74, 6) is -2.37. The summed E-state index contributed by atoms with van der Waals surface area (Å²) in [6.07, 6.45) is 0. The lowest BCUT2D eigenvalue weighted by atomic mass is 10.1. The third-order valence-electron chi connectivity index (χ3n) is 2.69. The van der Waals surface area contributed by atoms with E-state index in [2.05, 4.69) is 10.6 Å². The van der Waals surface area contributed by atoms with Gasteiger partial charge in [0.1, 0.15) is 18.7 Å². The molecule has 0 heterocycles. The minimum atomic E-state index is -1.25. The lowest BCUT2D eigenvalue weighted by molar-refractivity contribution is -0.132. The van der Waals surface area contributed by atoms with E-state index in [-0.39, 0.29) is 0 Å². The lowest BCUT2D eigenvalue weighted by Crippen LogP contribution is -2.51. The van der Waals surface area contributed by atoms with Gasteiger partial charge in [0.2, 0.25) is 17.7 Å². The minimum absolute atomic E-state index is 0.456. The first kappa shape index (κ1) is 16.6. The number of benzene rings is 1. The fourth-order valence-electron chi connectivity index (χ4n) is 1.61. The van der Waals surface area contributed by atoms with Gasteiger partial charge in [-0.1, -0.05) is 30.3 Å². The van der Waals surface area contributed by atoms with Gasteiger partial charge in [-0.15, -0.1) is 0 Å². The van der Waals surface area contributed by atoms with E-state index in [0.29, 0.717) is 5.56 Å². The molecule has 8 nitrogen and oxygen atoms in total. The smallest absolute Gasteiger partial charge is 0.247 e. The molecule has 3 amide bonds. The van der Waals surface area contributed by atoms with Crippen LogP contribution in [0.5, 0.6) is 0 Å². The maximum Gasteiger partial charge on any atom is 0.247 e. The Hall–Kier alpha value is -2.45. The zero-order valence-corrected chi connectivity index (χ0v) is 11.2. The zero-order chi connectivity index (χ0) is 15.8. The molecule has 0 aromatic heterocycles. The molecule has 0 fully saturated rings. The van der Waals surface area contributed by atoms with Gasteiger partial charge in [-0.2, -0.15) is 0 Å². The van der Waals surface area contributed by atoms with Crippen molar-refractivity contribution < 1.29 is 24.6 Å². The summed E-state index contributed by atoms with van der Waals surface area (Å²) in [7, 11) is 0. The molecule has 1 aromatic rings. The summed E-state index contributed by atoms with van der Waals surface area (Å²) in [5, 5.41) is 22.3. The summed E-state index contributed by atoms with van der Waals surface area (Å²) < 4.78 is 0. The number of amides is 3. The molecule has 0 unspecified atom stereocenters. The molecular formula is C13H17N3O5. The Labute approximate surface area is 120 Å². The minimum Gasteiger partial charge on any atom is -0.394 e. The van der Waals surface area contributed by atoms with Gasteiger partial charge in [0, 0.05) is 0 Å². The second-order valence-corrected chi connectivity index (χ2v) is 4.22. The molecule has 0 bridgehead atoms. The fraction of sp³-hybridized carbons (Fsp3) is 0.308. The normalized spacial score (nSPS) is 13.0. The van der Waals surface area contributed by atoms with Gasteiger partial charge < -0.3 is 26.6 Å². The average molecular weight is 295 g/mol. The molecule has 0 aliphatic carbocycles. The van der Waals surface area contributed by atoms with E-state index < -0.39 is 43.0 Å². The van der Waals surface area contributed by atoms with E-state index in [1.54, 1.807) is 30.3 Å². The summed E-state index contributed by atoms with van der Waals surface area (Å²) >= 11 is 0. The molecule has 0 spiro atoms. The van der Waals surface area contributed by atoms with Crippen LogP contribution in [-0.2, 0) is 14.4 Å². The highest BCUT2D eigenvalue weighted by atomic mass is 16.3. The summed E-state index contributed by atoms with van der Waals surface area (Å²) in [6.45, 7) is -1.44. The number of hydrogen-bond donors (Lipinski definition) is 5. The van der Waals surface area contributed by atoms with E-state index in [0.717, 1.165) is 0 Å². The van der Waals surface area contributed by atoms with Crippen molar-refractivity contribution in [3.63, 3.8) is 0 Å². The Morgan fingerprint density at radius 2 is 1.71 bits per heavy atom. The molecule has 1 rings (SSSR count). The van der Waals surface area contributed by atoms with Crippen LogP contribution in [0.4, 0.5) is 0 Å². The van der Waals surface area contributed by atoms with Crippen molar-refractivity contribution in [2.75, 3.05) is 13.2 Å². The molecule has 0 saturated carbocycles. The van der Waals surface area contributed by atoms with E-state index in [4.69, 9.17) is 15.9 Å². The molecule has 21 heavy (non-hydrogen) atoms. The molecule has 0 aliphatic rings. The second-order valence-electron chi connectivity index (χ2n) is 4.22. The highest BCUT2D eigenvalue weighted by molar-refractivity contribution is 5.92. The van der Waals surface area contributed by atoms with Crippen LogP contribution in [0, 0.1) is 0 Å². The van der Waals surface area contributed by atoms with Crippen molar-refractivity contribution in [1.82, 2.24) is 10.6 Å². The zero-order valence-electron chi connectivity index (χ0n) is 11.2. The molecule has 0 saturated heterocycles. The largest absolute Gasteiger partial charge is 0.394 e. The number of aliphatic hydroxyl groups excluding tert-OH is 2. The van der Waals surface area contributed by atoms with Crippen LogP contribution >= 0.6 is 0 Å². The lowest BCUT2D eigenvalue weighted by Gasteiger charge is -2.21. The van der Waals surface area contributed by atoms with E-state index in [1.807, 2.05) is 0 Å². The molecule has 8 heteroatoms. The Kier molecular flexibility index (Phi) is 6.31. The first-order valence-corrected chi connectivity index (χ1v) is 6.15. The quantitative estimate of drug-likeness (QED) is 0.388. The highest BCUT2D eigenvalue weighted by Gasteiger charge is 2.26. The number of carbonyl (C=O) groups is 3. The number of nitrogens with one attached hydrogen (secondary N) is 2. The van der Waals surface area contributed by atoms with Crippen molar-refractivity contribution in [2.24, 2.45) is 5.73 Å². The number of nitrogens with two attached hydrogens (primary N) is 1. The SMILES string of the molecule is NC(=O)[C@H](CO)NC(=O)[C@H](NC(=O)CO)c1ccccc1. The summed E-state index contributed by atoms with van der Waals surface area (Å²) in [4.78, 5) is 34.5. The first-order valence-electron chi connectivity index (χ1n) is 6.15. The van der Waals surface area contributed by atoms with Gasteiger partial charge in [0.15, 0.2) is 0 Å². The maximum atomic E-state index is 12.1. The van der Waals surface area contributed by atoms with E-state index in [9.17, 15) is 14.4 Å². The Morgan fingerprint density at radius 1 is 1.10 bits per heavy atom.